The lowest BCUT2D eigenvalue weighted by Gasteiger charge is -2.30. The zero-order valence-electron chi connectivity index (χ0n) is 25.7. The van der Waals surface area contributed by atoms with Crippen molar-refractivity contribution >= 4 is 22.6 Å². The van der Waals surface area contributed by atoms with Crippen LogP contribution >= 0.6 is 0 Å². The second kappa shape index (κ2) is 14.7. The van der Waals surface area contributed by atoms with E-state index in [9.17, 15) is 9.59 Å². The van der Waals surface area contributed by atoms with Crippen molar-refractivity contribution in [3.63, 3.8) is 0 Å². The highest BCUT2D eigenvalue weighted by atomic mass is 16.2. The predicted octanol–water partition coefficient (Wildman–Crippen LogP) is 7.32. The molecule has 1 aliphatic carbocycles. The summed E-state index contributed by atoms with van der Waals surface area (Å²) in [6, 6.07) is 34.8. The van der Waals surface area contributed by atoms with Crippen LogP contribution in [-0.4, -0.2) is 48.4 Å². The average Bonchev–Trinajstić information content (AvgIpc) is 3.23. The van der Waals surface area contributed by atoms with Gasteiger partial charge in [-0.2, -0.15) is 0 Å². The summed E-state index contributed by atoms with van der Waals surface area (Å²) in [5.41, 5.74) is 3.11. The standard InChI is InChI=1S/C39H45N3O2/c43-38(34-22-21-30-14-10-11-19-33(30)26-34)40-27-35-24-25-42(39(44)37(41-35)23-20-29-12-4-1-5-13-29)28-36(31-15-6-2-7-16-31)32-17-8-3-9-18-32/h2-3,6-11,14-19,21-22,26,29,35-37,41H,1,4-5,12-13,20,23-25,27-28H2,(H,40,43)/t35-,37-/m0/s1. The van der Waals surface area contributed by atoms with Gasteiger partial charge in [0.2, 0.25) is 5.91 Å². The fourth-order valence-electron chi connectivity index (χ4n) is 7.15. The SMILES string of the molecule is O=C(NC[C@@H]1CCN(CC(c2ccccc2)c2ccccc2)C(=O)[C@H](CCC2CCCCC2)N1)c1ccc2ccccc2c1. The van der Waals surface area contributed by atoms with Crippen molar-refractivity contribution in [3.05, 3.63) is 120 Å². The maximum Gasteiger partial charge on any atom is 0.251 e. The third-order valence-corrected chi connectivity index (χ3v) is 9.71. The maximum absolute atomic E-state index is 14.2. The lowest BCUT2D eigenvalue weighted by molar-refractivity contribution is -0.133. The topological polar surface area (TPSA) is 61.4 Å². The van der Waals surface area contributed by atoms with Gasteiger partial charge < -0.3 is 15.5 Å². The first-order chi connectivity index (χ1) is 21.6. The molecule has 1 heterocycles. The van der Waals surface area contributed by atoms with Crippen LogP contribution < -0.4 is 10.6 Å². The molecule has 0 unspecified atom stereocenters. The monoisotopic (exact) mass is 587 g/mol. The van der Waals surface area contributed by atoms with E-state index in [1.165, 1.54) is 43.2 Å². The van der Waals surface area contributed by atoms with Gasteiger partial charge in [-0.3, -0.25) is 9.59 Å². The molecular formula is C39H45N3O2. The zero-order valence-corrected chi connectivity index (χ0v) is 25.7. The number of nitrogens with one attached hydrogen (secondary N) is 2. The fourth-order valence-corrected chi connectivity index (χ4v) is 7.15. The number of carbonyl (C=O) groups excluding carboxylic acids is 2. The van der Waals surface area contributed by atoms with E-state index in [0.717, 1.165) is 30.0 Å². The second-order valence-electron chi connectivity index (χ2n) is 12.7. The van der Waals surface area contributed by atoms with E-state index in [-0.39, 0.29) is 29.8 Å². The van der Waals surface area contributed by atoms with Crippen molar-refractivity contribution in [2.45, 2.75) is 69.4 Å². The summed E-state index contributed by atoms with van der Waals surface area (Å²) in [6.07, 6.45) is 9.22. The highest BCUT2D eigenvalue weighted by Crippen LogP contribution is 2.30. The first-order valence-electron chi connectivity index (χ1n) is 16.6. The van der Waals surface area contributed by atoms with Gasteiger partial charge in [0.05, 0.1) is 6.04 Å². The molecule has 0 spiro atoms. The van der Waals surface area contributed by atoms with Crippen molar-refractivity contribution in [2.75, 3.05) is 19.6 Å². The van der Waals surface area contributed by atoms with Crippen LogP contribution in [0.2, 0.25) is 0 Å². The molecule has 2 fully saturated rings. The third kappa shape index (κ3) is 7.57. The number of hydrogen-bond acceptors (Lipinski definition) is 3. The molecule has 1 saturated heterocycles. The Balaban J connectivity index is 1.18. The Morgan fingerprint density at radius 3 is 2.14 bits per heavy atom. The normalized spacial score (nSPS) is 19.7. The molecule has 44 heavy (non-hydrogen) atoms. The molecule has 4 aromatic carbocycles. The van der Waals surface area contributed by atoms with E-state index < -0.39 is 0 Å². The second-order valence-corrected chi connectivity index (χ2v) is 12.7. The number of benzene rings is 4. The minimum Gasteiger partial charge on any atom is -0.350 e. The Labute approximate surface area is 262 Å². The molecule has 2 aliphatic rings. The van der Waals surface area contributed by atoms with E-state index in [4.69, 9.17) is 0 Å². The Morgan fingerprint density at radius 2 is 1.43 bits per heavy atom. The summed E-state index contributed by atoms with van der Waals surface area (Å²) in [6.45, 7) is 1.80. The summed E-state index contributed by atoms with van der Waals surface area (Å²) in [7, 11) is 0. The van der Waals surface area contributed by atoms with Crippen molar-refractivity contribution in [1.29, 1.82) is 0 Å². The minimum absolute atomic E-state index is 0.0246. The van der Waals surface area contributed by atoms with Crippen LogP contribution in [0.5, 0.6) is 0 Å². The quantitative estimate of drug-likeness (QED) is 0.204. The zero-order chi connectivity index (χ0) is 30.1. The van der Waals surface area contributed by atoms with Crippen LogP contribution in [0.3, 0.4) is 0 Å². The number of nitrogens with zero attached hydrogens (tertiary/aromatic N) is 1. The van der Waals surface area contributed by atoms with Gasteiger partial charge in [-0.25, -0.2) is 0 Å². The lowest BCUT2D eigenvalue weighted by atomic mass is 9.85. The fraction of sp³-hybridized carbons (Fsp3) is 0.385. The molecular weight excluding hydrogens is 542 g/mol. The molecule has 1 saturated carbocycles. The predicted molar refractivity (Wildman–Crippen MR) is 179 cm³/mol. The van der Waals surface area contributed by atoms with Crippen LogP contribution in [0.15, 0.2) is 103 Å². The molecule has 5 nitrogen and oxygen atoms in total. The first kappa shape index (κ1) is 30.1. The van der Waals surface area contributed by atoms with Gasteiger partial charge >= 0.3 is 0 Å². The van der Waals surface area contributed by atoms with E-state index >= 15 is 0 Å². The number of rotatable bonds is 10. The van der Waals surface area contributed by atoms with Crippen LogP contribution in [0.4, 0.5) is 0 Å². The van der Waals surface area contributed by atoms with Gasteiger partial charge in [0.1, 0.15) is 0 Å². The summed E-state index contributed by atoms with van der Waals surface area (Å²) >= 11 is 0. The Kier molecular flexibility index (Phi) is 10.0. The lowest BCUT2D eigenvalue weighted by Crippen LogP contribution is -2.49. The van der Waals surface area contributed by atoms with Gasteiger partial charge in [-0.15, -0.1) is 0 Å². The summed E-state index contributed by atoms with van der Waals surface area (Å²) in [4.78, 5) is 29.5. The number of amides is 2. The Morgan fingerprint density at radius 1 is 0.773 bits per heavy atom. The van der Waals surface area contributed by atoms with Crippen LogP contribution in [0.1, 0.15) is 78.8 Å². The molecule has 2 atom stereocenters. The van der Waals surface area contributed by atoms with Gasteiger partial charge in [0.25, 0.3) is 5.91 Å². The number of hydrogen-bond donors (Lipinski definition) is 2. The van der Waals surface area contributed by atoms with Crippen LogP contribution in [-0.2, 0) is 4.79 Å². The van der Waals surface area contributed by atoms with E-state index in [1.54, 1.807) is 0 Å². The molecule has 228 valence electrons. The van der Waals surface area contributed by atoms with Crippen LogP contribution in [0.25, 0.3) is 10.8 Å². The van der Waals surface area contributed by atoms with Crippen molar-refractivity contribution in [1.82, 2.24) is 15.5 Å². The smallest absolute Gasteiger partial charge is 0.251 e. The highest BCUT2D eigenvalue weighted by Gasteiger charge is 2.33. The molecule has 4 aromatic rings. The van der Waals surface area contributed by atoms with Gasteiger partial charge in [0, 0.05) is 37.2 Å². The number of fused-ring (bicyclic) bond motifs is 1. The molecule has 5 heteroatoms. The molecule has 6 rings (SSSR count). The largest absolute Gasteiger partial charge is 0.350 e. The summed E-state index contributed by atoms with van der Waals surface area (Å²) in [5, 5.41) is 9.08. The molecule has 0 aromatic heterocycles. The van der Waals surface area contributed by atoms with Crippen molar-refractivity contribution < 1.29 is 9.59 Å². The third-order valence-electron chi connectivity index (χ3n) is 9.71. The molecule has 0 bridgehead atoms. The molecule has 2 amide bonds. The van der Waals surface area contributed by atoms with E-state index in [1.807, 2.05) is 48.5 Å². The first-order valence-corrected chi connectivity index (χ1v) is 16.6. The average molecular weight is 588 g/mol. The van der Waals surface area contributed by atoms with Crippen molar-refractivity contribution in [2.24, 2.45) is 5.92 Å². The van der Waals surface area contributed by atoms with E-state index in [2.05, 4.69) is 70.1 Å². The maximum atomic E-state index is 14.2. The molecule has 2 N–H and O–H groups in total. The minimum atomic E-state index is -0.241. The van der Waals surface area contributed by atoms with Crippen molar-refractivity contribution in [3.8, 4) is 0 Å². The Hall–Kier alpha value is -3.96. The van der Waals surface area contributed by atoms with Gasteiger partial charge in [-0.05, 0) is 59.2 Å². The summed E-state index contributed by atoms with van der Waals surface area (Å²) in [5.74, 6) is 0.935. The summed E-state index contributed by atoms with van der Waals surface area (Å²) < 4.78 is 0. The number of carbonyl (C=O) groups is 2. The molecule has 0 radical (unpaired) electrons. The van der Waals surface area contributed by atoms with E-state index in [0.29, 0.717) is 31.1 Å². The highest BCUT2D eigenvalue weighted by molar-refractivity contribution is 5.98. The Bertz CT molecular complexity index is 1480. The van der Waals surface area contributed by atoms with Crippen LogP contribution in [0, 0.1) is 5.92 Å². The van der Waals surface area contributed by atoms with Gasteiger partial charge in [-0.1, -0.05) is 123 Å². The molecule has 1 aliphatic heterocycles. The van der Waals surface area contributed by atoms with Gasteiger partial charge in [0.15, 0.2) is 0 Å².